The lowest BCUT2D eigenvalue weighted by Crippen LogP contribution is -2.43. The maximum atomic E-state index is 12.4. The smallest absolute Gasteiger partial charge is 0.179 e. The predicted molar refractivity (Wildman–Crippen MR) is 78.5 cm³/mol. The van der Waals surface area contributed by atoms with Crippen LogP contribution in [0.4, 0.5) is 0 Å². The highest BCUT2D eigenvalue weighted by Crippen LogP contribution is 2.23. The number of benzene rings is 1. The Balaban J connectivity index is 2.05. The normalized spacial score (nSPS) is 21.2. The molecule has 2 unspecified atom stereocenters. The van der Waals surface area contributed by atoms with Gasteiger partial charge < -0.3 is 0 Å². The van der Waals surface area contributed by atoms with E-state index in [1.807, 2.05) is 49.9 Å². The van der Waals surface area contributed by atoms with Gasteiger partial charge in [-0.3, -0.25) is 9.69 Å². The number of ketones is 1. The summed E-state index contributed by atoms with van der Waals surface area (Å²) in [5.74, 6) is 2.61. The summed E-state index contributed by atoms with van der Waals surface area (Å²) in [6, 6.07) is 8.41. The van der Waals surface area contributed by atoms with E-state index in [2.05, 4.69) is 11.9 Å². The summed E-state index contributed by atoms with van der Waals surface area (Å²) in [7, 11) is 2.08. The van der Waals surface area contributed by atoms with Gasteiger partial charge in [-0.05, 0) is 33.1 Å². The quantitative estimate of drug-likeness (QED) is 0.779. The number of carbonyl (C=O) groups excluding carboxylic acids is 1. The minimum atomic E-state index is -0.0311. The Labute approximate surface area is 114 Å². The van der Waals surface area contributed by atoms with Crippen molar-refractivity contribution in [2.75, 3.05) is 18.6 Å². The maximum Gasteiger partial charge on any atom is 0.179 e. The van der Waals surface area contributed by atoms with Gasteiger partial charge in [0.2, 0.25) is 0 Å². The molecule has 1 fully saturated rings. The number of hydrogen-bond acceptors (Lipinski definition) is 3. The van der Waals surface area contributed by atoms with E-state index in [9.17, 15) is 4.79 Å². The lowest BCUT2D eigenvalue weighted by molar-refractivity contribution is 0.0830. The molecule has 0 bridgehead atoms. The molecule has 3 heteroatoms. The number of hydrogen-bond donors (Lipinski definition) is 0. The van der Waals surface area contributed by atoms with E-state index < -0.39 is 0 Å². The third-order valence-corrected chi connectivity index (χ3v) is 4.95. The Kier molecular flexibility index (Phi) is 4.46. The van der Waals surface area contributed by atoms with Gasteiger partial charge in [-0.15, -0.1) is 0 Å². The van der Waals surface area contributed by atoms with Crippen LogP contribution in [0.5, 0.6) is 0 Å². The van der Waals surface area contributed by atoms with Gasteiger partial charge in [-0.2, -0.15) is 11.8 Å². The molecule has 1 heterocycles. The summed E-state index contributed by atoms with van der Waals surface area (Å²) in [5, 5.41) is 0. The number of likely N-dealkylation sites (N-methyl/N-ethyl adjacent to an activating group) is 1. The summed E-state index contributed by atoms with van der Waals surface area (Å²) in [6.45, 7) is 4.06. The first-order valence-corrected chi connectivity index (χ1v) is 7.65. The number of nitrogens with zero attached hydrogens (tertiary/aromatic N) is 1. The van der Waals surface area contributed by atoms with Crippen LogP contribution < -0.4 is 0 Å². The number of thioether (sulfide) groups is 1. The van der Waals surface area contributed by atoms with E-state index in [1.54, 1.807) is 0 Å². The van der Waals surface area contributed by atoms with Crippen molar-refractivity contribution < 1.29 is 4.79 Å². The van der Waals surface area contributed by atoms with Crippen LogP contribution in [-0.2, 0) is 0 Å². The fourth-order valence-electron chi connectivity index (χ4n) is 2.30. The molecule has 1 aliphatic heterocycles. The standard InChI is InChI=1S/C15H21NOS/c1-11-4-6-13(7-5-11)15(17)12(2)16(3)14-8-9-18-10-14/h4-7,12,14H,8-10H2,1-3H3. The van der Waals surface area contributed by atoms with Crippen molar-refractivity contribution in [1.29, 1.82) is 0 Å². The lowest BCUT2D eigenvalue weighted by atomic mass is 10.0. The largest absolute Gasteiger partial charge is 0.293 e. The second kappa shape index (κ2) is 5.89. The van der Waals surface area contributed by atoms with Gasteiger partial charge in [0.05, 0.1) is 6.04 Å². The van der Waals surface area contributed by atoms with Crippen molar-refractivity contribution >= 4 is 17.5 Å². The van der Waals surface area contributed by atoms with Crippen LogP contribution in [0.15, 0.2) is 24.3 Å². The van der Waals surface area contributed by atoms with Crippen LogP contribution in [-0.4, -0.2) is 41.3 Å². The van der Waals surface area contributed by atoms with Crippen molar-refractivity contribution in [2.24, 2.45) is 0 Å². The maximum absolute atomic E-state index is 12.4. The third kappa shape index (κ3) is 2.96. The Morgan fingerprint density at radius 1 is 1.39 bits per heavy atom. The topological polar surface area (TPSA) is 20.3 Å². The highest BCUT2D eigenvalue weighted by molar-refractivity contribution is 7.99. The number of rotatable bonds is 4. The summed E-state index contributed by atoms with van der Waals surface area (Å²) in [5.41, 5.74) is 2.02. The molecular weight excluding hydrogens is 242 g/mol. The zero-order chi connectivity index (χ0) is 13.1. The molecule has 2 rings (SSSR count). The second-order valence-corrected chi connectivity index (χ2v) is 6.24. The molecule has 1 aromatic carbocycles. The molecule has 1 saturated heterocycles. The van der Waals surface area contributed by atoms with Crippen molar-refractivity contribution in [2.45, 2.75) is 32.4 Å². The van der Waals surface area contributed by atoms with Gasteiger partial charge in [-0.1, -0.05) is 29.8 Å². The lowest BCUT2D eigenvalue weighted by Gasteiger charge is -2.29. The van der Waals surface area contributed by atoms with Crippen LogP contribution in [0.25, 0.3) is 0 Å². The number of Topliss-reactive ketones (excluding diaryl/α,β-unsaturated/α-hetero) is 1. The second-order valence-electron chi connectivity index (χ2n) is 5.09. The van der Waals surface area contributed by atoms with Crippen LogP contribution in [0.1, 0.15) is 29.3 Å². The molecule has 0 spiro atoms. The van der Waals surface area contributed by atoms with Gasteiger partial charge in [0.25, 0.3) is 0 Å². The van der Waals surface area contributed by atoms with Crippen molar-refractivity contribution in [3.8, 4) is 0 Å². The first kappa shape index (κ1) is 13.6. The molecular formula is C15H21NOS. The summed E-state index contributed by atoms with van der Waals surface area (Å²) in [4.78, 5) is 14.6. The monoisotopic (exact) mass is 263 g/mol. The molecule has 0 N–H and O–H groups in total. The van der Waals surface area contributed by atoms with E-state index in [0.29, 0.717) is 6.04 Å². The minimum Gasteiger partial charge on any atom is -0.293 e. The molecule has 2 atom stereocenters. The van der Waals surface area contributed by atoms with E-state index in [-0.39, 0.29) is 11.8 Å². The van der Waals surface area contributed by atoms with Gasteiger partial charge in [0.1, 0.15) is 0 Å². The molecule has 0 amide bonds. The molecule has 0 aliphatic carbocycles. The molecule has 2 nitrogen and oxygen atoms in total. The number of aryl methyl sites for hydroxylation is 1. The molecule has 0 radical (unpaired) electrons. The van der Waals surface area contributed by atoms with Crippen LogP contribution in [0.2, 0.25) is 0 Å². The van der Waals surface area contributed by atoms with Gasteiger partial charge in [0, 0.05) is 17.4 Å². The van der Waals surface area contributed by atoms with Crippen molar-refractivity contribution in [3.63, 3.8) is 0 Å². The van der Waals surface area contributed by atoms with E-state index in [0.717, 1.165) is 11.3 Å². The Morgan fingerprint density at radius 2 is 2.06 bits per heavy atom. The summed E-state index contributed by atoms with van der Waals surface area (Å²) < 4.78 is 0. The van der Waals surface area contributed by atoms with Gasteiger partial charge >= 0.3 is 0 Å². The van der Waals surface area contributed by atoms with E-state index >= 15 is 0 Å². The highest BCUT2D eigenvalue weighted by Gasteiger charge is 2.27. The van der Waals surface area contributed by atoms with Crippen LogP contribution in [0.3, 0.4) is 0 Å². The third-order valence-electron chi connectivity index (χ3n) is 3.81. The average molecular weight is 263 g/mol. The SMILES string of the molecule is Cc1ccc(C(=O)C(C)N(C)C2CCSC2)cc1. The molecule has 0 saturated carbocycles. The van der Waals surface area contributed by atoms with Crippen molar-refractivity contribution in [3.05, 3.63) is 35.4 Å². The summed E-state index contributed by atoms with van der Waals surface area (Å²) >= 11 is 1.98. The Hall–Kier alpha value is -0.800. The first-order valence-electron chi connectivity index (χ1n) is 6.50. The molecule has 1 aromatic rings. The van der Waals surface area contributed by atoms with E-state index in [4.69, 9.17) is 0 Å². The summed E-state index contributed by atoms with van der Waals surface area (Å²) in [6.07, 6.45) is 1.20. The zero-order valence-electron chi connectivity index (χ0n) is 11.3. The fraction of sp³-hybridized carbons (Fsp3) is 0.533. The highest BCUT2D eigenvalue weighted by atomic mass is 32.2. The fourth-order valence-corrected chi connectivity index (χ4v) is 3.58. The number of carbonyl (C=O) groups is 1. The van der Waals surface area contributed by atoms with Crippen molar-refractivity contribution in [1.82, 2.24) is 4.90 Å². The first-order chi connectivity index (χ1) is 8.59. The average Bonchev–Trinajstić information content (AvgIpc) is 2.91. The molecule has 0 aromatic heterocycles. The van der Waals surface area contributed by atoms with Crippen LogP contribution >= 0.6 is 11.8 Å². The molecule has 1 aliphatic rings. The predicted octanol–water partition coefficient (Wildman–Crippen LogP) is 3.00. The van der Waals surface area contributed by atoms with Crippen LogP contribution in [0, 0.1) is 6.92 Å². The Morgan fingerprint density at radius 3 is 2.61 bits per heavy atom. The molecule has 18 heavy (non-hydrogen) atoms. The van der Waals surface area contributed by atoms with Gasteiger partial charge in [-0.25, -0.2) is 0 Å². The molecule has 98 valence electrons. The zero-order valence-corrected chi connectivity index (χ0v) is 12.2. The minimum absolute atomic E-state index is 0.0311. The van der Waals surface area contributed by atoms with E-state index in [1.165, 1.54) is 17.7 Å². The van der Waals surface area contributed by atoms with Gasteiger partial charge in [0.15, 0.2) is 5.78 Å². The Bertz CT molecular complexity index is 409.